The van der Waals surface area contributed by atoms with Crippen LogP contribution in [-0.2, 0) is 21.2 Å². The molecule has 0 saturated carbocycles. The maximum Gasteiger partial charge on any atom is 0.240 e. The van der Waals surface area contributed by atoms with Gasteiger partial charge < -0.3 is 9.88 Å². The largest absolute Gasteiger partial charge is 0.361 e. The highest BCUT2D eigenvalue weighted by molar-refractivity contribution is 7.89. The molecule has 0 aliphatic carbocycles. The second-order valence-corrected chi connectivity index (χ2v) is 10.7. The first-order valence-corrected chi connectivity index (χ1v) is 13.3. The number of amides is 1. The molecule has 1 amide bonds. The zero-order chi connectivity index (χ0) is 23.8. The summed E-state index contributed by atoms with van der Waals surface area (Å²) in [6.07, 6.45) is 10.6. The number of sulfonamides is 1. The number of aryl methyl sites for hydroxylation is 1. The fourth-order valence-electron chi connectivity index (χ4n) is 4.04. The normalized spacial score (nSPS) is 18.7. The molecule has 6 nitrogen and oxygen atoms in total. The Kier molecular flexibility index (Phi) is 8.95. The fraction of sp³-hybridized carbons (Fsp3) is 0.400. The number of allylic oxidation sites excluding steroid dienone is 1. The van der Waals surface area contributed by atoms with E-state index in [-0.39, 0.29) is 17.7 Å². The molecule has 2 aromatic rings. The average molecular weight is 490 g/mol. The summed E-state index contributed by atoms with van der Waals surface area (Å²) in [6.45, 7) is 6.57. The quantitative estimate of drug-likeness (QED) is 0.568. The third-order valence-electron chi connectivity index (χ3n) is 5.95. The second kappa shape index (κ2) is 11.7. The number of carbonyl (C=O) groups excluding carboxylic acids is 1. The highest BCUT2D eigenvalue weighted by atomic mass is 35.5. The van der Waals surface area contributed by atoms with Crippen molar-refractivity contribution in [2.45, 2.75) is 51.1 Å². The van der Waals surface area contributed by atoms with Gasteiger partial charge in [0.25, 0.3) is 0 Å². The van der Waals surface area contributed by atoms with E-state index < -0.39 is 16.1 Å². The maximum absolute atomic E-state index is 13.3. The number of likely N-dealkylation sites (tertiary alicyclic amines) is 1. The monoisotopic (exact) mass is 489 g/mol. The summed E-state index contributed by atoms with van der Waals surface area (Å²) in [5.74, 6) is -0.385. The summed E-state index contributed by atoms with van der Waals surface area (Å²) in [5.41, 5.74) is 0.896. The van der Waals surface area contributed by atoms with Crippen LogP contribution >= 0.6 is 11.6 Å². The number of aromatic nitrogens is 1. The van der Waals surface area contributed by atoms with Crippen molar-refractivity contribution in [2.24, 2.45) is 0 Å². The Morgan fingerprint density at radius 1 is 1.33 bits per heavy atom. The molecule has 178 valence electrons. The number of hydrogen-bond acceptors (Lipinski definition) is 3. The zero-order valence-corrected chi connectivity index (χ0v) is 20.5. The number of carbonyl (C=O) groups is 1. The van der Waals surface area contributed by atoms with Crippen LogP contribution in [0.3, 0.4) is 0 Å². The Balaban J connectivity index is 1.72. The summed E-state index contributed by atoms with van der Waals surface area (Å²) >= 11 is 6.28. The van der Waals surface area contributed by atoms with E-state index in [1.54, 1.807) is 30.5 Å². The Morgan fingerprint density at radius 3 is 2.82 bits per heavy atom. The lowest BCUT2D eigenvalue weighted by Gasteiger charge is -2.36. The number of hydrogen-bond donors (Lipinski definition) is 2. The molecule has 1 aromatic carbocycles. The van der Waals surface area contributed by atoms with Crippen molar-refractivity contribution in [1.29, 1.82) is 0 Å². The van der Waals surface area contributed by atoms with Crippen LogP contribution < -0.4 is 15.3 Å². The number of H-pyrrole nitrogens is 1. The fourth-order valence-corrected chi connectivity index (χ4v) is 5.38. The summed E-state index contributed by atoms with van der Waals surface area (Å²) < 4.78 is 28.3. The molecule has 1 aromatic heterocycles. The van der Waals surface area contributed by atoms with Gasteiger partial charge >= 0.3 is 0 Å². The number of nitrogens with zero attached hydrogens (tertiary/aromatic N) is 1. The number of benzene rings is 1. The van der Waals surface area contributed by atoms with Crippen LogP contribution in [-0.4, -0.2) is 48.6 Å². The molecule has 0 spiro atoms. The molecule has 2 atom stereocenters. The molecule has 1 saturated heterocycles. The van der Waals surface area contributed by atoms with E-state index in [0.717, 1.165) is 35.4 Å². The highest BCUT2D eigenvalue weighted by Gasteiger charge is 2.31. The average Bonchev–Trinajstić information content (AvgIpc) is 3.19. The minimum atomic E-state index is -3.71. The van der Waals surface area contributed by atoms with Gasteiger partial charge in [-0.05, 0) is 68.0 Å². The lowest BCUT2D eigenvalue weighted by molar-refractivity contribution is -0.136. The van der Waals surface area contributed by atoms with Crippen LogP contribution in [0.5, 0.6) is 0 Å². The molecule has 2 heterocycles. The standard InChI is InChI=1S/C25H32ClN3O3S/c1-19-15-16-27-23(19)12-6-8-18-33(31,32)28-24(14-13-21-10-3-4-11-22(21)26)25(30)29-17-7-5-9-20(29)2/h3-4,6,8,10-12,15-16,20,24,27-28H,1,5,7,9,13-14,17-18H2,2H3/b8-6-,23-12+. The van der Waals surface area contributed by atoms with Crippen molar-refractivity contribution in [3.05, 3.63) is 69.8 Å². The first kappa shape index (κ1) is 25.3. The molecular formula is C25H32ClN3O3S. The molecule has 1 aliphatic rings. The van der Waals surface area contributed by atoms with Crippen LogP contribution in [0.1, 0.15) is 38.2 Å². The van der Waals surface area contributed by atoms with E-state index in [1.807, 2.05) is 36.1 Å². The molecular weight excluding hydrogens is 458 g/mol. The van der Waals surface area contributed by atoms with E-state index in [1.165, 1.54) is 0 Å². The molecule has 3 rings (SSSR count). The molecule has 8 heteroatoms. The Bertz CT molecular complexity index is 1190. The summed E-state index contributed by atoms with van der Waals surface area (Å²) in [7, 11) is -3.71. The minimum absolute atomic E-state index is 0.103. The van der Waals surface area contributed by atoms with Gasteiger partial charge in [0.05, 0.1) is 5.75 Å². The molecule has 0 bridgehead atoms. The second-order valence-electron chi connectivity index (χ2n) is 8.47. The van der Waals surface area contributed by atoms with Gasteiger partial charge in [0, 0.05) is 29.2 Å². The van der Waals surface area contributed by atoms with Crippen LogP contribution in [0.4, 0.5) is 0 Å². The van der Waals surface area contributed by atoms with Gasteiger partial charge in [-0.25, -0.2) is 13.1 Å². The van der Waals surface area contributed by atoms with Gasteiger partial charge in [-0.1, -0.05) is 48.5 Å². The number of rotatable bonds is 9. The van der Waals surface area contributed by atoms with Gasteiger partial charge in [0.1, 0.15) is 6.04 Å². The third-order valence-corrected chi connectivity index (χ3v) is 7.59. The minimum Gasteiger partial charge on any atom is -0.361 e. The topological polar surface area (TPSA) is 82.3 Å². The van der Waals surface area contributed by atoms with Crippen LogP contribution in [0.15, 0.2) is 48.7 Å². The smallest absolute Gasteiger partial charge is 0.240 e. The lowest BCUT2D eigenvalue weighted by atomic mass is 10.00. The summed E-state index contributed by atoms with van der Waals surface area (Å²) in [4.78, 5) is 18.2. The van der Waals surface area contributed by atoms with E-state index in [4.69, 9.17) is 11.6 Å². The zero-order valence-electron chi connectivity index (χ0n) is 19.0. The van der Waals surface area contributed by atoms with Crippen molar-refractivity contribution < 1.29 is 13.2 Å². The van der Waals surface area contributed by atoms with E-state index in [0.29, 0.717) is 24.4 Å². The van der Waals surface area contributed by atoms with Crippen molar-refractivity contribution in [3.8, 4) is 0 Å². The van der Waals surface area contributed by atoms with Crippen molar-refractivity contribution in [1.82, 2.24) is 14.6 Å². The van der Waals surface area contributed by atoms with Crippen molar-refractivity contribution >= 4 is 40.2 Å². The Morgan fingerprint density at radius 2 is 2.12 bits per heavy atom. The lowest BCUT2D eigenvalue weighted by Crippen LogP contribution is -2.53. The SMILES string of the molecule is C=c1cc[nH]/c1=C/C=C\CS(=O)(=O)NC(CCc1ccccc1Cl)C(=O)N1CCCCC1C. The molecule has 0 radical (unpaired) electrons. The summed E-state index contributed by atoms with van der Waals surface area (Å²) in [5, 5.41) is 2.27. The van der Waals surface area contributed by atoms with Gasteiger partial charge in [-0.15, -0.1) is 0 Å². The maximum atomic E-state index is 13.3. The Labute approximate surface area is 201 Å². The molecule has 2 unspecified atom stereocenters. The number of piperidine rings is 1. The summed E-state index contributed by atoms with van der Waals surface area (Å²) in [6, 6.07) is 8.54. The number of halogens is 1. The van der Waals surface area contributed by atoms with Gasteiger partial charge in [0.2, 0.25) is 15.9 Å². The molecule has 2 N–H and O–H groups in total. The van der Waals surface area contributed by atoms with E-state index in [2.05, 4.69) is 16.3 Å². The van der Waals surface area contributed by atoms with E-state index >= 15 is 0 Å². The Hall–Kier alpha value is -2.35. The first-order chi connectivity index (χ1) is 15.8. The van der Waals surface area contributed by atoms with Crippen LogP contribution in [0, 0.1) is 0 Å². The third kappa shape index (κ3) is 7.32. The highest BCUT2D eigenvalue weighted by Crippen LogP contribution is 2.21. The van der Waals surface area contributed by atoms with E-state index in [9.17, 15) is 13.2 Å². The first-order valence-electron chi connectivity index (χ1n) is 11.3. The predicted octanol–water partition coefficient (Wildman–Crippen LogP) is 2.74. The number of aromatic amines is 1. The molecule has 1 fully saturated rings. The van der Waals surface area contributed by atoms with Crippen molar-refractivity contribution in [3.63, 3.8) is 0 Å². The van der Waals surface area contributed by atoms with Crippen LogP contribution in [0.2, 0.25) is 5.02 Å². The van der Waals surface area contributed by atoms with Crippen LogP contribution in [0.25, 0.3) is 12.7 Å². The van der Waals surface area contributed by atoms with Gasteiger partial charge in [0.15, 0.2) is 0 Å². The number of nitrogens with one attached hydrogen (secondary N) is 2. The molecule has 33 heavy (non-hydrogen) atoms. The van der Waals surface area contributed by atoms with Gasteiger partial charge in [-0.3, -0.25) is 4.79 Å². The predicted molar refractivity (Wildman–Crippen MR) is 135 cm³/mol. The van der Waals surface area contributed by atoms with Crippen molar-refractivity contribution in [2.75, 3.05) is 12.3 Å². The molecule has 1 aliphatic heterocycles. The van der Waals surface area contributed by atoms with Gasteiger partial charge in [-0.2, -0.15) is 0 Å².